The van der Waals surface area contributed by atoms with E-state index in [1.54, 1.807) is 0 Å². The van der Waals surface area contributed by atoms with Gasteiger partial charge < -0.3 is 20.4 Å². The molecular weight excluding hydrogens is 580 g/mol. The molecule has 0 saturated carbocycles. The zero-order valence-electron chi connectivity index (χ0n) is 30.1. The van der Waals surface area contributed by atoms with Crippen LogP contribution in [0.25, 0.3) is 0 Å². The number of benzene rings is 2. The summed E-state index contributed by atoms with van der Waals surface area (Å²) in [5.41, 5.74) is 0.434. The first-order valence-electron chi connectivity index (χ1n) is 19.7. The third kappa shape index (κ3) is 18.0. The predicted molar refractivity (Wildman–Crippen MR) is 200 cm³/mol. The number of hydrogen-bond donors (Lipinski definition) is 4. The lowest BCUT2D eigenvalue weighted by Gasteiger charge is -2.44. The molecule has 0 aromatic heterocycles. The van der Waals surface area contributed by atoms with Crippen LogP contribution in [0.5, 0.6) is 0 Å². The van der Waals surface area contributed by atoms with Crippen molar-refractivity contribution in [2.45, 2.75) is 173 Å². The number of aliphatic hydroxyl groups excluding tert-OH is 3. The lowest BCUT2D eigenvalue weighted by atomic mass is 9.68. The minimum Gasteiger partial charge on any atom is -0.395 e. The Hall–Kier alpha value is -1.72. The molecule has 0 amide bonds. The van der Waals surface area contributed by atoms with Gasteiger partial charge in [0.1, 0.15) is 0 Å². The van der Waals surface area contributed by atoms with Crippen LogP contribution < -0.4 is 0 Å². The minimum atomic E-state index is -1.24. The summed E-state index contributed by atoms with van der Waals surface area (Å²) in [6, 6.07) is 21.6. The number of rotatable bonds is 32. The maximum atomic E-state index is 11.7. The summed E-state index contributed by atoms with van der Waals surface area (Å²) in [5.74, 6) is 0. The van der Waals surface area contributed by atoms with Gasteiger partial charge in [-0.2, -0.15) is 0 Å². The van der Waals surface area contributed by atoms with Crippen molar-refractivity contribution >= 4 is 0 Å². The van der Waals surface area contributed by atoms with E-state index in [-0.39, 0.29) is 0 Å². The van der Waals surface area contributed by atoms with Gasteiger partial charge in [-0.05, 0) is 49.7 Å². The van der Waals surface area contributed by atoms with Crippen molar-refractivity contribution in [1.82, 2.24) is 0 Å². The topological polar surface area (TPSA) is 80.9 Å². The molecule has 268 valence electrons. The second kappa shape index (κ2) is 27.1. The van der Waals surface area contributed by atoms with Gasteiger partial charge in [-0.1, -0.05) is 189 Å². The Kier molecular flexibility index (Phi) is 23.9. The van der Waals surface area contributed by atoms with E-state index in [1.165, 1.54) is 127 Å². The van der Waals surface area contributed by atoms with Crippen molar-refractivity contribution < 1.29 is 20.4 Å². The molecule has 0 fully saturated rings. The van der Waals surface area contributed by atoms with Gasteiger partial charge in [0.15, 0.2) is 0 Å². The first-order chi connectivity index (χ1) is 23.1. The largest absolute Gasteiger partial charge is 0.395 e. The summed E-state index contributed by atoms with van der Waals surface area (Å²) < 4.78 is 0. The molecule has 0 aliphatic rings. The van der Waals surface area contributed by atoms with E-state index in [4.69, 9.17) is 0 Å². The molecule has 0 heterocycles. The monoisotopic (exact) mass is 653 g/mol. The predicted octanol–water partition coefficient (Wildman–Crippen LogP) is 10.5. The summed E-state index contributed by atoms with van der Waals surface area (Å²) in [6.07, 6.45) is 30.4. The van der Waals surface area contributed by atoms with E-state index in [2.05, 4.69) is 60.7 Å². The zero-order valence-corrected chi connectivity index (χ0v) is 30.1. The molecule has 0 spiro atoms. The van der Waals surface area contributed by atoms with Gasteiger partial charge in [-0.3, -0.25) is 0 Å². The molecule has 4 heteroatoms. The SMILES string of the molecule is OCC(CO)(CO)C(O)(CCCCCCCCCCCCCc1ccccc1)CCCCCCCCCCCCCc1ccccc1. The van der Waals surface area contributed by atoms with Crippen LogP contribution >= 0.6 is 0 Å². The molecule has 0 aliphatic carbocycles. The Bertz CT molecular complexity index is 869. The molecular formula is C43H72O4. The Morgan fingerprint density at radius 3 is 0.872 bits per heavy atom. The average Bonchev–Trinajstić information content (AvgIpc) is 3.10. The molecule has 0 aliphatic heterocycles. The number of aliphatic hydroxyl groups is 4. The van der Waals surface area contributed by atoms with Gasteiger partial charge in [0.05, 0.1) is 30.8 Å². The fourth-order valence-corrected chi connectivity index (χ4v) is 7.21. The molecule has 0 saturated heterocycles. The Labute approximate surface area is 289 Å². The second-order valence-corrected chi connectivity index (χ2v) is 14.5. The second-order valence-electron chi connectivity index (χ2n) is 14.5. The summed E-state index contributed by atoms with van der Waals surface area (Å²) in [6.45, 7) is -1.18. The molecule has 0 atom stereocenters. The van der Waals surface area contributed by atoms with Gasteiger partial charge in [-0.15, -0.1) is 0 Å². The van der Waals surface area contributed by atoms with E-state index in [0.29, 0.717) is 12.8 Å². The number of hydrogen-bond acceptors (Lipinski definition) is 4. The van der Waals surface area contributed by atoms with Crippen molar-refractivity contribution in [2.24, 2.45) is 5.41 Å². The molecule has 0 unspecified atom stereocenters. The van der Waals surface area contributed by atoms with Gasteiger partial charge >= 0.3 is 0 Å². The summed E-state index contributed by atoms with van der Waals surface area (Å²) in [7, 11) is 0. The van der Waals surface area contributed by atoms with Crippen molar-refractivity contribution in [3.8, 4) is 0 Å². The summed E-state index contributed by atoms with van der Waals surface area (Å²) >= 11 is 0. The molecule has 2 aromatic rings. The van der Waals surface area contributed by atoms with Gasteiger partial charge in [0.25, 0.3) is 0 Å². The standard InChI is InChI=1S/C43H72O4/c44-37-42(38-45,39-46)43(47,35-27-17-13-9-5-1-3-7-11-15-21-29-40-31-23-19-24-32-40)36-28-18-14-10-6-2-4-8-12-16-22-30-41-33-25-20-26-34-41/h19-20,23-26,31-34,44-47H,1-18,21-22,27-30,35-39H2. The van der Waals surface area contributed by atoms with Crippen LogP contribution in [0.3, 0.4) is 0 Å². The summed E-state index contributed by atoms with van der Waals surface area (Å²) in [5, 5.41) is 42.1. The molecule has 2 aromatic carbocycles. The van der Waals surface area contributed by atoms with E-state index in [9.17, 15) is 20.4 Å². The minimum absolute atomic E-state index is 0.394. The van der Waals surface area contributed by atoms with Crippen molar-refractivity contribution in [2.75, 3.05) is 19.8 Å². The third-order valence-corrected chi connectivity index (χ3v) is 10.7. The van der Waals surface area contributed by atoms with Crippen molar-refractivity contribution in [3.63, 3.8) is 0 Å². The normalized spacial score (nSPS) is 12.2. The van der Waals surface area contributed by atoms with E-state index in [1.807, 2.05) is 0 Å². The third-order valence-electron chi connectivity index (χ3n) is 10.7. The first kappa shape index (κ1) is 41.5. The highest BCUT2D eigenvalue weighted by Crippen LogP contribution is 2.39. The van der Waals surface area contributed by atoms with Gasteiger partial charge in [-0.25, -0.2) is 0 Å². The maximum absolute atomic E-state index is 11.7. The fraction of sp³-hybridized carbons (Fsp3) is 0.721. The van der Waals surface area contributed by atoms with Crippen LogP contribution in [0.1, 0.15) is 165 Å². The van der Waals surface area contributed by atoms with E-state index < -0.39 is 30.8 Å². The maximum Gasteiger partial charge on any atom is 0.0770 e. The smallest absolute Gasteiger partial charge is 0.0770 e. The van der Waals surface area contributed by atoms with Crippen LogP contribution in [0.4, 0.5) is 0 Å². The van der Waals surface area contributed by atoms with Crippen LogP contribution in [0.2, 0.25) is 0 Å². The highest BCUT2D eigenvalue weighted by molar-refractivity contribution is 5.15. The highest BCUT2D eigenvalue weighted by atomic mass is 16.3. The van der Waals surface area contributed by atoms with Gasteiger partial charge in [0, 0.05) is 0 Å². The quantitative estimate of drug-likeness (QED) is 0.0593. The van der Waals surface area contributed by atoms with Crippen LogP contribution in [-0.2, 0) is 12.8 Å². The average molecular weight is 653 g/mol. The Balaban J connectivity index is 1.48. The van der Waals surface area contributed by atoms with Crippen LogP contribution in [0.15, 0.2) is 60.7 Å². The molecule has 2 rings (SSSR count). The Morgan fingerprint density at radius 1 is 0.340 bits per heavy atom. The Morgan fingerprint density at radius 2 is 0.596 bits per heavy atom. The van der Waals surface area contributed by atoms with E-state index >= 15 is 0 Å². The molecule has 4 N–H and O–H groups in total. The first-order valence-corrected chi connectivity index (χ1v) is 19.7. The molecule has 4 nitrogen and oxygen atoms in total. The number of unbranched alkanes of at least 4 members (excludes halogenated alkanes) is 20. The van der Waals surface area contributed by atoms with Crippen molar-refractivity contribution in [3.05, 3.63) is 71.8 Å². The summed E-state index contributed by atoms with van der Waals surface area (Å²) in [4.78, 5) is 0. The lowest BCUT2D eigenvalue weighted by molar-refractivity contribution is -0.162. The van der Waals surface area contributed by atoms with Crippen LogP contribution in [0, 0.1) is 5.41 Å². The fourth-order valence-electron chi connectivity index (χ4n) is 7.21. The molecule has 0 radical (unpaired) electrons. The van der Waals surface area contributed by atoms with Crippen LogP contribution in [-0.4, -0.2) is 45.8 Å². The lowest BCUT2D eigenvalue weighted by Crippen LogP contribution is -2.55. The molecule has 47 heavy (non-hydrogen) atoms. The molecule has 0 bridgehead atoms. The van der Waals surface area contributed by atoms with Gasteiger partial charge in [0.2, 0.25) is 0 Å². The zero-order chi connectivity index (χ0) is 33.7. The number of aryl methyl sites for hydroxylation is 2. The highest BCUT2D eigenvalue weighted by Gasteiger charge is 2.48. The van der Waals surface area contributed by atoms with Crippen molar-refractivity contribution in [1.29, 1.82) is 0 Å². The van der Waals surface area contributed by atoms with E-state index in [0.717, 1.165) is 38.5 Å².